The number of carbonyl (C=O) groups excluding carboxylic acids is 2. The van der Waals surface area contributed by atoms with Crippen LogP contribution in [0.3, 0.4) is 0 Å². The maximum absolute atomic E-state index is 12.0. The van der Waals surface area contributed by atoms with Crippen LogP contribution in [0, 0.1) is 0 Å². The fourth-order valence-electron chi connectivity index (χ4n) is 2.35. The number of halogens is 2. The first-order chi connectivity index (χ1) is 14.0. The number of nitrogens with one attached hydrogen (secondary N) is 2. The Bertz CT molecular complexity index is 975. The molecule has 150 valence electrons. The molecule has 6 nitrogen and oxygen atoms in total. The molecule has 0 aliphatic carbocycles. The van der Waals surface area contributed by atoms with Gasteiger partial charge in [0, 0.05) is 15.4 Å². The van der Waals surface area contributed by atoms with Gasteiger partial charge < -0.3 is 4.74 Å². The van der Waals surface area contributed by atoms with Gasteiger partial charge in [-0.1, -0.05) is 35.3 Å². The average Bonchev–Trinajstić information content (AvgIpc) is 3.15. The quantitative estimate of drug-likeness (QED) is 0.534. The summed E-state index contributed by atoms with van der Waals surface area (Å²) in [6.45, 7) is 0.297. The number of nitrogens with zero attached hydrogens (tertiary/aromatic N) is 1. The van der Waals surface area contributed by atoms with E-state index >= 15 is 0 Å². The number of hydrogen-bond donors (Lipinski definition) is 2. The third-order valence-electron chi connectivity index (χ3n) is 3.74. The van der Waals surface area contributed by atoms with E-state index in [1.165, 1.54) is 11.3 Å². The highest BCUT2D eigenvalue weighted by Gasteiger charge is 2.10. The lowest BCUT2D eigenvalue weighted by Crippen LogP contribution is -2.43. The predicted molar refractivity (Wildman–Crippen MR) is 113 cm³/mol. The van der Waals surface area contributed by atoms with Crippen molar-refractivity contribution in [2.75, 3.05) is 0 Å². The van der Waals surface area contributed by atoms with Crippen molar-refractivity contribution < 1.29 is 14.3 Å². The highest BCUT2D eigenvalue weighted by molar-refractivity contribution is 7.09. The summed E-state index contributed by atoms with van der Waals surface area (Å²) < 4.78 is 5.63. The lowest BCUT2D eigenvalue weighted by molar-refractivity contribution is -0.128. The highest BCUT2D eigenvalue weighted by atomic mass is 35.5. The van der Waals surface area contributed by atoms with Crippen LogP contribution in [0.2, 0.25) is 10.0 Å². The molecule has 9 heteroatoms. The molecule has 29 heavy (non-hydrogen) atoms. The topological polar surface area (TPSA) is 80.3 Å². The first-order valence-electron chi connectivity index (χ1n) is 8.62. The average molecular weight is 450 g/mol. The van der Waals surface area contributed by atoms with Crippen molar-refractivity contribution in [3.8, 4) is 5.75 Å². The summed E-state index contributed by atoms with van der Waals surface area (Å²) in [6, 6.07) is 14.0. The van der Waals surface area contributed by atoms with Gasteiger partial charge in [-0.25, -0.2) is 4.98 Å². The van der Waals surface area contributed by atoms with Crippen molar-refractivity contribution in [2.24, 2.45) is 0 Å². The Morgan fingerprint density at radius 1 is 0.897 bits per heavy atom. The van der Waals surface area contributed by atoms with E-state index in [-0.39, 0.29) is 24.7 Å². The number of hydrazine groups is 1. The first-order valence-corrected chi connectivity index (χ1v) is 10.3. The maximum Gasteiger partial charge on any atom is 0.244 e. The summed E-state index contributed by atoms with van der Waals surface area (Å²) >= 11 is 13.0. The van der Waals surface area contributed by atoms with Gasteiger partial charge in [-0.3, -0.25) is 20.4 Å². The fourth-order valence-corrected chi connectivity index (χ4v) is 3.31. The summed E-state index contributed by atoms with van der Waals surface area (Å²) in [7, 11) is 0. The number of ether oxygens (including phenoxy) is 1. The predicted octanol–water partition coefficient (Wildman–Crippen LogP) is 3.96. The minimum absolute atomic E-state index is 0.0542. The van der Waals surface area contributed by atoms with Crippen LogP contribution in [0.4, 0.5) is 0 Å². The second kappa shape index (κ2) is 10.2. The smallest absolute Gasteiger partial charge is 0.244 e. The second-order valence-corrected chi connectivity index (χ2v) is 7.87. The van der Waals surface area contributed by atoms with E-state index in [4.69, 9.17) is 27.9 Å². The van der Waals surface area contributed by atoms with E-state index in [9.17, 15) is 9.59 Å². The van der Waals surface area contributed by atoms with Crippen LogP contribution >= 0.6 is 34.5 Å². The van der Waals surface area contributed by atoms with Gasteiger partial charge in [-0.05, 0) is 42.0 Å². The zero-order chi connectivity index (χ0) is 20.6. The maximum atomic E-state index is 12.0. The van der Waals surface area contributed by atoms with E-state index in [0.717, 1.165) is 10.6 Å². The number of carbonyl (C=O) groups is 2. The van der Waals surface area contributed by atoms with Gasteiger partial charge in [-0.15, -0.1) is 11.3 Å². The molecule has 0 atom stereocenters. The molecule has 0 unspecified atom stereocenters. The molecule has 0 aliphatic rings. The normalized spacial score (nSPS) is 10.4. The van der Waals surface area contributed by atoms with Crippen LogP contribution in [-0.2, 0) is 29.0 Å². The molecule has 0 saturated carbocycles. The van der Waals surface area contributed by atoms with E-state index in [2.05, 4.69) is 15.8 Å². The minimum atomic E-state index is -0.357. The standard InChI is InChI=1S/C20H17Cl2N3O3S/c21-14-3-1-13(2-4-14)9-18(26)24-25-19(27)10-16-12-29-20(23-16)11-28-17-7-5-15(22)6-8-17/h1-8,12H,9-11H2,(H,24,26)(H,25,27). The number of amides is 2. The molecule has 3 aromatic rings. The molecule has 0 fully saturated rings. The van der Waals surface area contributed by atoms with E-state index in [0.29, 0.717) is 28.1 Å². The number of rotatable bonds is 7. The fraction of sp³-hybridized carbons (Fsp3) is 0.150. The number of benzene rings is 2. The largest absolute Gasteiger partial charge is 0.486 e. The summed E-state index contributed by atoms with van der Waals surface area (Å²) in [5.74, 6) is 0.00761. The zero-order valence-electron chi connectivity index (χ0n) is 15.2. The van der Waals surface area contributed by atoms with Gasteiger partial charge in [0.1, 0.15) is 17.4 Å². The van der Waals surface area contributed by atoms with Crippen molar-refractivity contribution >= 4 is 46.4 Å². The van der Waals surface area contributed by atoms with Gasteiger partial charge in [-0.2, -0.15) is 0 Å². The summed E-state index contributed by atoms with van der Waals surface area (Å²) in [6.07, 6.45) is 0.193. The number of aromatic nitrogens is 1. The van der Waals surface area contributed by atoms with Gasteiger partial charge in [0.25, 0.3) is 0 Å². The molecule has 0 radical (unpaired) electrons. The SMILES string of the molecule is O=C(Cc1ccc(Cl)cc1)NNC(=O)Cc1csc(COc2ccc(Cl)cc2)n1. The molecule has 0 spiro atoms. The van der Waals surface area contributed by atoms with Crippen molar-refractivity contribution in [1.29, 1.82) is 0 Å². The lowest BCUT2D eigenvalue weighted by atomic mass is 10.1. The highest BCUT2D eigenvalue weighted by Crippen LogP contribution is 2.18. The Balaban J connectivity index is 1.40. The lowest BCUT2D eigenvalue weighted by Gasteiger charge is -2.07. The minimum Gasteiger partial charge on any atom is -0.486 e. The van der Waals surface area contributed by atoms with E-state index < -0.39 is 0 Å². The molecule has 0 bridgehead atoms. The molecular weight excluding hydrogens is 433 g/mol. The van der Waals surface area contributed by atoms with Crippen molar-refractivity contribution in [3.05, 3.63) is 80.2 Å². The Morgan fingerprint density at radius 3 is 2.14 bits per heavy atom. The molecule has 2 N–H and O–H groups in total. The van der Waals surface area contributed by atoms with Crippen molar-refractivity contribution in [3.63, 3.8) is 0 Å². The van der Waals surface area contributed by atoms with Crippen LogP contribution in [0.5, 0.6) is 5.75 Å². The van der Waals surface area contributed by atoms with Gasteiger partial charge in [0.2, 0.25) is 11.8 Å². The summed E-state index contributed by atoms with van der Waals surface area (Å²) in [4.78, 5) is 28.3. The van der Waals surface area contributed by atoms with E-state index in [1.807, 2.05) is 0 Å². The van der Waals surface area contributed by atoms with Crippen LogP contribution in [0.1, 0.15) is 16.3 Å². The molecule has 2 amide bonds. The Labute approximate surface area is 181 Å². The van der Waals surface area contributed by atoms with Crippen LogP contribution in [-0.4, -0.2) is 16.8 Å². The van der Waals surface area contributed by atoms with Crippen LogP contribution in [0.15, 0.2) is 53.9 Å². The molecule has 2 aromatic carbocycles. The Hall–Kier alpha value is -2.61. The molecule has 1 aromatic heterocycles. The second-order valence-electron chi connectivity index (χ2n) is 6.05. The van der Waals surface area contributed by atoms with E-state index in [1.54, 1.807) is 53.9 Å². The van der Waals surface area contributed by atoms with Crippen LogP contribution in [0.25, 0.3) is 0 Å². The van der Waals surface area contributed by atoms with Crippen molar-refractivity contribution in [1.82, 2.24) is 15.8 Å². The first kappa shape index (κ1) is 21.1. The van der Waals surface area contributed by atoms with Crippen molar-refractivity contribution in [2.45, 2.75) is 19.4 Å². The third kappa shape index (κ3) is 7.05. The number of hydrogen-bond acceptors (Lipinski definition) is 5. The third-order valence-corrected chi connectivity index (χ3v) is 5.11. The summed E-state index contributed by atoms with van der Waals surface area (Å²) in [5.41, 5.74) is 6.19. The van der Waals surface area contributed by atoms with Gasteiger partial charge >= 0.3 is 0 Å². The monoisotopic (exact) mass is 449 g/mol. The molecule has 0 saturated heterocycles. The molecule has 3 rings (SSSR count). The zero-order valence-corrected chi connectivity index (χ0v) is 17.5. The Kier molecular flexibility index (Phi) is 7.46. The van der Waals surface area contributed by atoms with Gasteiger partial charge in [0.15, 0.2) is 0 Å². The molecule has 1 heterocycles. The van der Waals surface area contributed by atoms with Crippen LogP contribution < -0.4 is 15.6 Å². The molecule has 0 aliphatic heterocycles. The summed E-state index contributed by atoms with van der Waals surface area (Å²) in [5, 5.41) is 3.77. The Morgan fingerprint density at radius 2 is 1.48 bits per heavy atom. The number of thiazole rings is 1. The van der Waals surface area contributed by atoms with Gasteiger partial charge in [0.05, 0.1) is 18.5 Å². The molecular formula is C20H17Cl2N3O3S.